The second-order valence-corrected chi connectivity index (χ2v) is 7.80. The molecule has 3 fully saturated rings. The molecule has 3 saturated heterocycles. The van der Waals surface area contributed by atoms with Crippen molar-refractivity contribution in [3.8, 4) is 0 Å². The number of aromatic nitrogens is 1. The van der Waals surface area contributed by atoms with E-state index in [0.29, 0.717) is 6.04 Å². The highest BCUT2D eigenvalue weighted by Gasteiger charge is 2.42. The Kier molecular flexibility index (Phi) is 5.04. The van der Waals surface area contributed by atoms with E-state index in [0.717, 1.165) is 44.5 Å². The fourth-order valence-corrected chi connectivity index (χ4v) is 4.74. The Balaban J connectivity index is 1.36. The molecule has 0 saturated carbocycles. The fraction of sp³-hybridized carbons (Fsp3) is 0.700. The van der Waals surface area contributed by atoms with Crippen LogP contribution in [0.4, 0.5) is 0 Å². The summed E-state index contributed by atoms with van der Waals surface area (Å²) in [4.78, 5) is 21.3. The summed E-state index contributed by atoms with van der Waals surface area (Å²) in [5, 5.41) is 0. The van der Waals surface area contributed by atoms with Gasteiger partial charge in [-0.3, -0.25) is 9.78 Å². The third-order valence-electron chi connectivity index (χ3n) is 6.26. The minimum absolute atomic E-state index is 0.00458. The zero-order valence-corrected chi connectivity index (χ0v) is 15.0. The molecular weight excluding hydrogens is 314 g/mol. The van der Waals surface area contributed by atoms with Gasteiger partial charge in [-0.1, -0.05) is 6.42 Å². The summed E-state index contributed by atoms with van der Waals surface area (Å²) >= 11 is 0. The summed E-state index contributed by atoms with van der Waals surface area (Å²) in [6.07, 6.45) is 11.7. The number of amides is 1. The minimum Gasteiger partial charge on any atom is -0.375 e. The molecule has 0 aromatic carbocycles. The number of nitrogens with zero attached hydrogens (tertiary/aromatic N) is 3. The van der Waals surface area contributed by atoms with Gasteiger partial charge in [0.25, 0.3) is 5.91 Å². The molecule has 1 amide bonds. The molecule has 1 atom stereocenters. The summed E-state index contributed by atoms with van der Waals surface area (Å²) in [6.45, 7) is 4.99. The molecule has 1 aromatic rings. The first-order chi connectivity index (χ1) is 12.3. The minimum atomic E-state index is -0.00458. The molecule has 25 heavy (non-hydrogen) atoms. The fourth-order valence-electron chi connectivity index (χ4n) is 4.74. The predicted molar refractivity (Wildman–Crippen MR) is 96.5 cm³/mol. The topological polar surface area (TPSA) is 45.7 Å². The van der Waals surface area contributed by atoms with Gasteiger partial charge in [0.1, 0.15) is 0 Å². The van der Waals surface area contributed by atoms with Crippen molar-refractivity contribution in [2.45, 2.75) is 56.6 Å². The average molecular weight is 343 g/mol. The number of carbonyl (C=O) groups is 1. The van der Waals surface area contributed by atoms with Gasteiger partial charge in [-0.25, -0.2) is 0 Å². The van der Waals surface area contributed by atoms with E-state index < -0.39 is 0 Å². The predicted octanol–water partition coefficient (Wildman–Crippen LogP) is 2.72. The molecule has 5 nitrogen and oxygen atoms in total. The summed E-state index contributed by atoms with van der Waals surface area (Å²) in [5.41, 5.74) is 0.733. The Morgan fingerprint density at radius 1 is 1.08 bits per heavy atom. The van der Waals surface area contributed by atoms with E-state index >= 15 is 0 Å². The van der Waals surface area contributed by atoms with Gasteiger partial charge >= 0.3 is 0 Å². The van der Waals surface area contributed by atoms with Crippen molar-refractivity contribution < 1.29 is 9.53 Å². The number of ether oxygens (including phenoxy) is 1. The normalized spacial score (nSPS) is 27.4. The number of piperidine rings is 2. The van der Waals surface area contributed by atoms with Gasteiger partial charge in [0, 0.05) is 43.7 Å². The molecule has 4 rings (SSSR count). The first-order valence-electron chi connectivity index (χ1n) is 9.83. The number of hydrogen-bond donors (Lipinski definition) is 0. The summed E-state index contributed by atoms with van der Waals surface area (Å²) in [6, 6.07) is 4.28. The molecule has 3 aliphatic heterocycles. The third-order valence-corrected chi connectivity index (χ3v) is 6.26. The van der Waals surface area contributed by atoms with Crippen LogP contribution in [-0.4, -0.2) is 65.1 Å². The van der Waals surface area contributed by atoms with Crippen molar-refractivity contribution in [1.29, 1.82) is 0 Å². The second-order valence-electron chi connectivity index (χ2n) is 7.80. The van der Waals surface area contributed by atoms with Crippen LogP contribution in [0.25, 0.3) is 0 Å². The van der Waals surface area contributed by atoms with E-state index in [9.17, 15) is 4.79 Å². The van der Waals surface area contributed by atoms with Gasteiger partial charge in [-0.2, -0.15) is 0 Å². The van der Waals surface area contributed by atoms with Crippen LogP contribution >= 0.6 is 0 Å². The molecular formula is C20H29N3O2. The molecule has 0 aliphatic carbocycles. The first kappa shape index (κ1) is 17.0. The summed E-state index contributed by atoms with van der Waals surface area (Å²) < 4.78 is 6.29. The maximum absolute atomic E-state index is 12.6. The number of likely N-dealkylation sites (tertiary alicyclic amines) is 2. The molecule has 3 aliphatic rings. The van der Waals surface area contributed by atoms with Crippen LogP contribution < -0.4 is 0 Å². The van der Waals surface area contributed by atoms with Gasteiger partial charge in [0.15, 0.2) is 0 Å². The maximum Gasteiger partial charge on any atom is 0.253 e. The third kappa shape index (κ3) is 3.72. The van der Waals surface area contributed by atoms with E-state index in [2.05, 4.69) is 9.88 Å². The van der Waals surface area contributed by atoms with E-state index in [1.165, 1.54) is 38.8 Å². The second kappa shape index (κ2) is 7.42. The quantitative estimate of drug-likeness (QED) is 0.828. The Bertz CT molecular complexity index is 578. The zero-order chi connectivity index (χ0) is 17.1. The van der Waals surface area contributed by atoms with Crippen molar-refractivity contribution in [3.63, 3.8) is 0 Å². The van der Waals surface area contributed by atoms with Crippen LogP contribution in [0.2, 0.25) is 0 Å². The lowest BCUT2D eigenvalue weighted by Gasteiger charge is -2.49. The van der Waals surface area contributed by atoms with E-state index in [4.69, 9.17) is 4.74 Å². The van der Waals surface area contributed by atoms with Gasteiger partial charge in [0.2, 0.25) is 0 Å². The highest BCUT2D eigenvalue weighted by Crippen LogP contribution is 2.37. The van der Waals surface area contributed by atoms with Crippen LogP contribution in [0, 0.1) is 0 Å². The molecule has 0 bridgehead atoms. The van der Waals surface area contributed by atoms with E-state index in [1.807, 2.05) is 4.90 Å². The van der Waals surface area contributed by atoms with E-state index in [-0.39, 0.29) is 11.5 Å². The standard InChI is InChI=1S/C20H29N3O2/c24-19(17-4-9-21-10-5-17)23-13-7-20(8-14-23)16-18(6-15-25-20)22-11-2-1-3-12-22/h4-5,9-10,18H,1-3,6-8,11-16H2. The number of carbonyl (C=O) groups excluding carboxylic acids is 1. The smallest absolute Gasteiger partial charge is 0.253 e. The van der Waals surface area contributed by atoms with Gasteiger partial charge in [0.05, 0.1) is 5.60 Å². The molecule has 4 heterocycles. The highest BCUT2D eigenvalue weighted by molar-refractivity contribution is 5.94. The van der Waals surface area contributed by atoms with Crippen LogP contribution in [0.3, 0.4) is 0 Å². The molecule has 1 unspecified atom stereocenters. The Hall–Kier alpha value is -1.46. The maximum atomic E-state index is 12.6. The van der Waals surface area contributed by atoms with Gasteiger partial charge in [-0.05, 0) is 63.7 Å². The molecule has 5 heteroatoms. The molecule has 136 valence electrons. The van der Waals surface area contributed by atoms with Crippen LogP contribution in [0.1, 0.15) is 55.3 Å². The average Bonchev–Trinajstić information content (AvgIpc) is 2.69. The van der Waals surface area contributed by atoms with Crippen molar-refractivity contribution in [2.24, 2.45) is 0 Å². The van der Waals surface area contributed by atoms with Crippen molar-refractivity contribution in [2.75, 3.05) is 32.8 Å². The van der Waals surface area contributed by atoms with Crippen molar-refractivity contribution in [1.82, 2.24) is 14.8 Å². The van der Waals surface area contributed by atoms with Crippen molar-refractivity contribution in [3.05, 3.63) is 30.1 Å². The first-order valence-corrected chi connectivity index (χ1v) is 9.83. The van der Waals surface area contributed by atoms with Crippen LogP contribution in [-0.2, 0) is 4.74 Å². The lowest BCUT2D eigenvalue weighted by atomic mass is 9.81. The lowest BCUT2D eigenvalue weighted by molar-refractivity contribution is -0.131. The van der Waals surface area contributed by atoms with Crippen LogP contribution in [0.15, 0.2) is 24.5 Å². The molecule has 1 spiro atoms. The number of pyridine rings is 1. The molecule has 1 aromatic heterocycles. The van der Waals surface area contributed by atoms with Gasteiger partial charge < -0.3 is 14.5 Å². The monoisotopic (exact) mass is 343 g/mol. The summed E-state index contributed by atoms with van der Waals surface area (Å²) in [7, 11) is 0. The Morgan fingerprint density at radius 3 is 2.52 bits per heavy atom. The highest BCUT2D eigenvalue weighted by atomic mass is 16.5. The number of hydrogen-bond acceptors (Lipinski definition) is 4. The van der Waals surface area contributed by atoms with Crippen LogP contribution in [0.5, 0.6) is 0 Å². The summed E-state index contributed by atoms with van der Waals surface area (Å²) in [5.74, 6) is 0.126. The Labute approximate surface area is 150 Å². The molecule has 0 N–H and O–H groups in total. The molecule has 0 radical (unpaired) electrons. The zero-order valence-electron chi connectivity index (χ0n) is 15.0. The SMILES string of the molecule is O=C(c1ccncc1)N1CCC2(CC1)CC(N1CCCCC1)CCO2. The lowest BCUT2D eigenvalue weighted by Crippen LogP contribution is -2.55. The number of rotatable bonds is 2. The van der Waals surface area contributed by atoms with Crippen molar-refractivity contribution >= 4 is 5.91 Å². The van der Waals surface area contributed by atoms with E-state index in [1.54, 1.807) is 24.5 Å². The van der Waals surface area contributed by atoms with Gasteiger partial charge in [-0.15, -0.1) is 0 Å². The Morgan fingerprint density at radius 2 is 1.80 bits per heavy atom. The largest absolute Gasteiger partial charge is 0.375 e.